The van der Waals surface area contributed by atoms with Crippen molar-refractivity contribution >= 4 is 12.2 Å². The molecule has 0 aliphatic rings. The van der Waals surface area contributed by atoms with E-state index in [4.69, 9.17) is 4.74 Å². The molecule has 0 aliphatic heterocycles. The van der Waals surface area contributed by atoms with E-state index < -0.39 is 11.1 Å². The van der Waals surface area contributed by atoms with Crippen LogP contribution in [0.5, 0.6) is 11.5 Å². The molecule has 0 saturated carbocycles. The molecule has 0 amide bonds. The second-order valence-corrected chi connectivity index (χ2v) is 7.34. The zero-order chi connectivity index (χ0) is 20.5. The van der Waals surface area contributed by atoms with Crippen LogP contribution in [0.15, 0.2) is 34.1 Å². The lowest BCUT2D eigenvalue weighted by Gasteiger charge is -2.16. The summed E-state index contributed by atoms with van der Waals surface area (Å²) < 4.78 is 5.05. The maximum atomic E-state index is 12.5. The lowest BCUT2D eigenvalue weighted by molar-refractivity contribution is 0.373. The van der Waals surface area contributed by atoms with E-state index in [0.717, 1.165) is 5.69 Å². The minimum atomic E-state index is -0.499. The average molecular weight is 382 g/mol. The first-order valence-electron chi connectivity index (χ1n) is 8.66. The van der Waals surface area contributed by atoms with E-state index in [2.05, 4.69) is 19.9 Å². The van der Waals surface area contributed by atoms with Gasteiger partial charge in [0, 0.05) is 16.7 Å². The number of ether oxygens (including phenoxy) is 1. The molecule has 2 heterocycles. The van der Waals surface area contributed by atoms with Crippen LogP contribution in [0.3, 0.4) is 0 Å². The summed E-state index contributed by atoms with van der Waals surface area (Å²) in [7, 11) is 1.43. The number of phenolic OH excluding ortho intramolecular Hbond substituents is 1. The highest BCUT2D eigenvalue weighted by atomic mass is 16.5. The highest BCUT2D eigenvalue weighted by molar-refractivity contribution is 5.60. The molecule has 0 atom stereocenters. The Balaban J connectivity index is 2.15. The van der Waals surface area contributed by atoms with E-state index in [9.17, 15) is 14.7 Å². The molecule has 28 heavy (non-hydrogen) atoms. The Morgan fingerprint density at radius 1 is 1.07 bits per heavy atom. The third kappa shape index (κ3) is 3.75. The summed E-state index contributed by atoms with van der Waals surface area (Å²) in [6.45, 7) is 6.05. The molecule has 3 rings (SSSR count). The number of hydrogen-bond acceptors (Lipinski definition) is 5. The number of aromatic amines is 3. The van der Waals surface area contributed by atoms with E-state index in [0.29, 0.717) is 11.3 Å². The van der Waals surface area contributed by atoms with Gasteiger partial charge in [0.1, 0.15) is 10.7 Å². The largest absolute Gasteiger partial charge is 0.504 e. The number of nitrogens with zero attached hydrogens (tertiary/aromatic N) is 1. The summed E-state index contributed by atoms with van der Waals surface area (Å²) in [5.41, 5.74) is 0.601. The van der Waals surface area contributed by atoms with Crippen LogP contribution >= 0.6 is 0 Å². The molecule has 0 radical (unpaired) electrons. The van der Waals surface area contributed by atoms with E-state index in [1.807, 2.05) is 20.8 Å². The van der Waals surface area contributed by atoms with E-state index >= 15 is 0 Å². The van der Waals surface area contributed by atoms with Gasteiger partial charge in [0.05, 0.1) is 19.1 Å². The zero-order valence-corrected chi connectivity index (χ0v) is 16.1. The molecular formula is C20H22N4O4. The van der Waals surface area contributed by atoms with Gasteiger partial charge in [-0.2, -0.15) is 0 Å². The van der Waals surface area contributed by atoms with Gasteiger partial charge < -0.3 is 24.8 Å². The number of hydrogen-bond donors (Lipinski definition) is 4. The molecule has 146 valence electrons. The molecule has 0 saturated heterocycles. The molecule has 1 aromatic carbocycles. The summed E-state index contributed by atoms with van der Waals surface area (Å²) in [5.74, 6) is 0.151. The SMILES string of the molecule is COc1cccc(/C=c2\[nH]c(=O)/c(=C/c3nc[nH]c3C(C)(C)C)[nH]c2=O)c1O. The minimum Gasteiger partial charge on any atom is -0.504 e. The molecule has 0 unspecified atom stereocenters. The molecule has 3 aromatic rings. The number of benzene rings is 1. The normalized spacial score (nSPS) is 13.1. The third-order valence-corrected chi connectivity index (χ3v) is 4.24. The maximum Gasteiger partial charge on any atom is 0.272 e. The summed E-state index contributed by atoms with van der Waals surface area (Å²) in [6.07, 6.45) is 4.47. The molecule has 0 fully saturated rings. The second kappa shape index (κ2) is 7.22. The number of aromatic hydroxyl groups is 1. The number of nitrogens with one attached hydrogen (secondary N) is 3. The maximum absolute atomic E-state index is 12.5. The molecule has 0 spiro atoms. The number of methoxy groups -OCH3 is 1. The molecular weight excluding hydrogens is 360 g/mol. The Morgan fingerprint density at radius 3 is 2.32 bits per heavy atom. The zero-order valence-electron chi connectivity index (χ0n) is 16.1. The Bertz CT molecular complexity index is 1240. The first-order valence-corrected chi connectivity index (χ1v) is 8.66. The quantitative estimate of drug-likeness (QED) is 0.524. The van der Waals surface area contributed by atoms with Crippen LogP contribution in [-0.4, -0.2) is 32.2 Å². The van der Waals surface area contributed by atoms with Crippen LogP contribution in [0.25, 0.3) is 12.2 Å². The van der Waals surface area contributed by atoms with Crippen molar-refractivity contribution in [2.45, 2.75) is 26.2 Å². The second-order valence-electron chi connectivity index (χ2n) is 7.34. The number of aromatic nitrogens is 4. The monoisotopic (exact) mass is 382 g/mol. The highest BCUT2D eigenvalue weighted by Gasteiger charge is 2.19. The summed E-state index contributed by atoms with van der Waals surface area (Å²) >= 11 is 0. The highest BCUT2D eigenvalue weighted by Crippen LogP contribution is 2.29. The number of H-pyrrole nitrogens is 3. The van der Waals surface area contributed by atoms with Gasteiger partial charge in [-0.25, -0.2) is 4.98 Å². The number of rotatable bonds is 3. The molecule has 8 nitrogen and oxygen atoms in total. The summed E-state index contributed by atoms with van der Waals surface area (Å²) in [6, 6.07) is 4.87. The lowest BCUT2D eigenvalue weighted by Crippen LogP contribution is -2.46. The van der Waals surface area contributed by atoms with E-state index in [1.54, 1.807) is 24.5 Å². The molecule has 0 aliphatic carbocycles. The van der Waals surface area contributed by atoms with Gasteiger partial charge in [-0.3, -0.25) is 9.59 Å². The fourth-order valence-corrected chi connectivity index (χ4v) is 2.82. The Hall–Kier alpha value is -3.55. The van der Waals surface area contributed by atoms with Gasteiger partial charge in [0.2, 0.25) is 0 Å². The van der Waals surface area contributed by atoms with Crippen LogP contribution < -0.4 is 26.6 Å². The topological polar surface area (TPSA) is 124 Å². The first-order chi connectivity index (χ1) is 13.2. The van der Waals surface area contributed by atoms with Crippen molar-refractivity contribution in [3.63, 3.8) is 0 Å². The van der Waals surface area contributed by atoms with Crippen molar-refractivity contribution in [1.29, 1.82) is 0 Å². The molecule has 4 N–H and O–H groups in total. The van der Waals surface area contributed by atoms with Crippen molar-refractivity contribution in [3.05, 3.63) is 72.9 Å². The molecule has 8 heteroatoms. The predicted octanol–water partition coefficient (Wildman–Crippen LogP) is 0.456. The predicted molar refractivity (Wildman–Crippen MR) is 106 cm³/mol. The summed E-state index contributed by atoms with van der Waals surface area (Å²) in [5, 5.41) is 10.3. The van der Waals surface area contributed by atoms with Gasteiger partial charge in [0.25, 0.3) is 11.1 Å². The Kier molecular flexibility index (Phi) is 4.96. The smallest absolute Gasteiger partial charge is 0.272 e. The molecule has 0 bridgehead atoms. The number of imidazole rings is 1. The van der Waals surface area contributed by atoms with Crippen LogP contribution in [0.2, 0.25) is 0 Å². The van der Waals surface area contributed by atoms with Crippen molar-refractivity contribution in [3.8, 4) is 11.5 Å². The van der Waals surface area contributed by atoms with Gasteiger partial charge in [0.15, 0.2) is 11.5 Å². The van der Waals surface area contributed by atoms with Crippen LogP contribution in [0, 0.1) is 0 Å². The van der Waals surface area contributed by atoms with Gasteiger partial charge >= 0.3 is 0 Å². The van der Waals surface area contributed by atoms with Gasteiger partial charge in [-0.15, -0.1) is 0 Å². The Labute approximate surface area is 160 Å². The third-order valence-electron chi connectivity index (χ3n) is 4.24. The van der Waals surface area contributed by atoms with Crippen molar-refractivity contribution in [2.75, 3.05) is 7.11 Å². The minimum absolute atomic E-state index is 0.0174. The first kappa shape index (κ1) is 19.2. The lowest BCUT2D eigenvalue weighted by atomic mass is 9.90. The summed E-state index contributed by atoms with van der Waals surface area (Å²) in [4.78, 5) is 37.4. The van der Waals surface area contributed by atoms with Crippen LogP contribution in [0.4, 0.5) is 0 Å². The van der Waals surface area contributed by atoms with E-state index in [1.165, 1.54) is 19.3 Å². The van der Waals surface area contributed by atoms with Crippen molar-refractivity contribution in [1.82, 2.24) is 19.9 Å². The number of para-hydroxylation sites is 1. The fourth-order valence-electron chi connectivity index (χ4n) is 2.82. The van der Waals surface area contributed by atoms with E-state index in [-0.39, 0.29) is 27.6 Å². The Morgan fingerprint density at radius 2 is 1.71 bits per heavy atom. The standard InChI is InChI=1S/C20H22N4O4/c1-20(2,3)17-12(21-10-22-17)9-14-19(27)23-13(18(26)24-14)8-11-6-5-7-15(28-4)16(11)25/h5-10,25H,1-4H3,(H,21,22)(H,23,27)(H,24,26)/b13-8-,14-9-. The fraction of sp³-hybridized carbons (Fsp3) is 0.250. The van der Waals surface area contributed by atoms with Crippen molar-refractivity contribution in [2.24, 2.45) is 0 Å². The van der Waals surface area contributed by atoms with Gasteiger partial charge in [-0.05, 0) is 18.2 Å². The molecule has 2 aromatic heterocycles. The van der Waals surface area contributed by atoms with Crippen molar-refractivity contribution < 1.29 is 9.84 Å². The van der Waals surface area contributed by atoms with Crippen LogP contribution in [-0.2, 0) is 5.41 Å². The number of phenols is 1. The van der Waals surface area contributed by atoms with Crippen LogP contribution in [0.1, 0.15) is 37.7 Å². The van der Waals surface area contributed by atoms with Gasteiger partial charge in [-0.1, -0.05) is 32.9 Å². The average Bonchev–Trinajstić information content (AvgIpc) is 3.09.